The van der Waals surface area contributed by atoms with Crippen LogP contribution in [0.5, 0.6) is 5.75 Å². The van der Waals surface area contributed by atoms with Gasteiger partial charge in [0.25, 0.3) is 0 Å². The Morgan fingerprint density at radius 1 is 1.04 bits per heavy atom. The van der Waals surface area contributed by atoms with Crippen LogP contribution in [0.4, 0.5) is 4.79 Å². The number of amides is 2. The minimum Gasteiger partial charge on any atom is -0.410 e. The zero-order chi connectivity index (χ0) is 18.4. The second kappa shape index (κ2) is 10.0. The highest BCUT2D eigenvalue weighted by atomic mass is 35.5. The fourth-order valence-corrected chi connectivity index (χ4v) is 2.51. The molecule has 0 fully saturated rings. The molecule has 138 valence electrons. The molecule has 0 aliphatic carbocycles. The van der Waals surface area contributed by atoms with E-state index >= 15 is 0 Å². The third kappa shape index (κ3) is 6.22. The van der Waals surface area contributed by atoms with Crippen LogP contribution in [0.2, 0.25) is 10.0 Å². The van der Waals surface area contributed by atoms with Crippen molar-refractivity contribution >= 4 is 53.6 Å². The maximum Gasteiger partial charge on any atom is 0.419 e. The fourth-order valence-electron chi connectivity index (χ4n) is 1.98. The Kier molecular flexibility index (Phi) is 8.38. The van der Waals surface area contributed by atoms with Crippen LogP contribution >= 0.6 is 35.6 Å². The molecule has 0 heterocycles. The first-order valence-corrected chi connectivity index (χ1v) is 7.98. The monoisotopic (exact) mass is 415 g/mol. The predicted octanol–water partition coefficient (Wildman–Crippen LogP) is 4.11. The van der Waals surface area contributed by atoms with Gasteiger partial charge in [-0.3, -0.25) is 20.8 Å². The van der Waals surface area contributed by atoms with Gasteiger partial charge < -0.3 is 4.74 Å². The van der Waals surface area contributed by atoms with Gasteiger partial charge in [0, 0.05) is 10.0 Å². The number of hydrogen-bond acceptors (Lipinski definition) is 4. The number of nitrogens with one attached hydrogen (secondary N) is 3. The summed E-state index contributed by atoms with van der Waals surface area (Å²) in [6.45, 7) is 1.78. The Hall–Kier alpha value is -2.28. The largest absolute Gasteiger partial charge is 0.419 e. The van der Waals surface area contributed by atoms with Crippen molar-refractivity contribution in [3.63, 3.8) is 0 Å². The lowest BCUT2D eigenvalue weighted by molar-refractivity contribution is -0.119. The molecule has 0 aromatic heterocycles. The molecule has 0 atom stereocenters. The molecule has 0 bridgehead atoms. The quantitative estimate of drug-likeness (QED) is 0.519. The SMILES string of the molecule is Cc1ccccc1OC(=O)NC(=N)NC(=O)Cc1c(Cl)cccc1Cl.Cl. The van der Waals surface area contributed by atoms with Gasteiger partial charge in [0.05, 0.1) is 6.42 Å². The Morgan fingerprint density at radius 2 is 1.65 bits per heavy atom. The third-order valence-corrected chi connectivity index (χ3v) is 3.89. The first-order chi connectivity index (χ1) is 11.9. The van der Waals surface area contributed by atoms with E-state index in [-0.39, 0.29) is 18.8 Å². The maximum absolute atomic E-state index is 12.0. The Balaban J connectivity index is 0.00000338. The van der Waals surface area contributed by atoms with Crippen LogP contribution in [0.25, 0.3) is 0 Å². The number of guanidine groups is 1. The molecule has 26 heavy (non-hydrogen) atoms. The average Bonchev–Trinajstić information content (AvgIpc) is 2.53. The van der Waals surface area contributed by atoms with Crippen molar-refractivity contribution in [2.24, 2.45) is 0 Å². The third-order valence-electron chi connectivity index (χ3n) is 3.19. The summed E-state index contributed by atoms with van der Waals surface area (Å²) < 4.78 is 5.07. The first kappa shape index (κ1) is 21.8. The van der Waals surface area contributed by atoms with Crippen molar-refractivity contribution in [1.29, 1.82) is 5.41 Å². The van der Waals surface area contributed by atoms with E-state index in [9.17, 15) is 9.59 Å². The zero-order valence-corrected chi connectivity index (χ0v) is 16.0. The van der Waals surface area contributed by atoms with Crippen molar-refractivity contribution in [2.45, 2.75) is 13.3 Å². The molecule has 0 spiro atoms. The van der Waals surface area contributed by atoms with Crippen LogP contribution in [-0.2, 0) is 11.2 Å². The highest BCUT2D eigenvalue weighted by Gasteiger charge is 2.14. The number of rotatable bonds is 3. The molecule has 2 rings (SSSR count). The van der Waals surface area contributed by atoms with Crippen molar-refractivity contribution in [1.82, 2.24) is 10.6 Å². The molecule has 0 unspecified atom stereocenters. The van der Waals surface area contributed by atoms with E-state index in [4.69, 9.17) is 33.3 Å². The molecule has 0 saturated heterocycles. The van der Waals surface area contributed by atoms with Gasteiger partial charge in [-0.05, 0) is 36.2 Å². The van der Waals surface area contributed by atoms with E-state index < -0.39 is 18.0 Å². The van der Waals surface area contributed by atoms with E-state index in [1.807, 2.05) is 6.07 Å². The fraction of sp³-hybridized carbons (Fsp3) is 0.118. The lowest BCUT2D eigenvalue weighted by atomic mass is 10.1. The number of benzene rings is 2. The van der Waals surface area contributed by atoms with E-state index in [0.717, 1.165) is 5.56 Å². The summed E-state index contributed by atoms with van der Waals surface area (Å²) in [6.07, 6.45) is -1.01. The number of aryl methyl sites for hydroxylation is 1. The molecule has 6 nitrogen and oxygen atoms in total. The van der Waals surface area contributed by atoms with Gasteiger partial charge in [0.15, 0.2) is 0 Å². The van der Waals surface area contributed by atoms with Gasteiger partial charge in [-0.15, -0.1) is 12.4 Å². The van der Waals surface area contributed by atoms with Crippen LogP contribution in [0.3, 0.4) is 0 Å². The van der Waals surface area contributed by atoms with Crippen molar-refractivity contribution < 1.29 is 14.3 Å². The molecule has 2 amide bonds. The van der Waals surface area contributed by atoms with Gasteiger partial charge in [0.2, 0.25) is 11.9 Å². The number of carbonyl (C=O) groups is 2. The lowest BCUT2D eigenvalue weighted by Crippen LogP contribution is -2.44. The summed E-state index contributed by atoms with van der Waals surface area (Å²) in [5.41, 5.74) is 1.21. The first-order valence-electron chi connectivity index (χ1n) is 7.22. The topological polar surface area (TPSA) is 91.3 Å². The summed E-state index contributed by atoms with van der Waals surface area (Å²) in [5, 5.41) is 12.7. The second-order valence-electron chi connectivity index (χ2n) is 5.08. The summed E-state index contributed by atoms with van der Waals surface area (Å²) in [4.78, 5) is 23.7. The molecule has 0 saturated carbocycles. The van der Waals surface area contributed by atoms with Gasteiger partial charge in [-0.2, -0.15) is 0 Å². The molecule has 2 aromatic carbocycles. The molecular weight excluding hydrogens is 401 g/mol. The van der Waals surface area contributed by atoms with Crippen LogP contribution in [0.15, 0.2) is 42.5 Å². The number of para-hydroxylation sites is 1. The Bertz CT molecular complexity index is 808. The highest BCUT2D eigenvalue weighted by molar-refractivity contribution is 6.36. The zero-order valence-electron chi connectivity index (χ0n) is 13.6. The minimum atomic E-state index is -0.879. The molecule has 3 N–H and O–H groups in total. The predicted molar refractivity (Wildman–Crippen MR) is 104 cm³/mol. The van der Waals surface area contributed by atoms with Crippen molar-refractivity contribution in [3.05, 3.63) is 63.6 Å². The molecule has 9 heteroatoms. The summed E-state index contributed by atoms with van der Waals surface area (Å²) >= 11 is 12.0. The van der Waals surface area contributed by atoms with Gasteiger partial charge in [0.1, 0.15) is 5.75 Å². The lowest BCUT2D eigenvalue weighted by Gasteiger charge is -2.11. The Morgan fingerprint density at radius 3 is 2.27 bits per heavy atom. The molecule has 0 aliphatic rings. The van der Waals surface area contributed by atoms with Crippen LogP contribution < -0.4 is 15.4 Å². The highest BCUT2D eigenvalue weighted by Crippen LogP contribution is 2.24. The van der Waals surface area contributed by atoms with Crippen molar-refractivity contribution in [2.75, 3.05) is 0 Å². The molecule has 0 radical (unpaired) electrons. The number of halogens is 3. The average molecular weight is 417 g/mol. The molecular formula is C17H16Cl3N3O3. The molecule has 2 aromatic rings. The standard InChI is InChI=1S/C17H15Cl2N3O3.ClH/c1-10-5-2-3-8-14(10)25-17(24)22-16(20)21-15(23)9-11-12(18)6-4-7-13(11)19;/h2-8H,9H2,1H3,(H3,20,21,22,23,24);1H. The van der Waals surface area contributed by atoms with E-state index in [1.54, 1.807) is 43.3 Å². The van der Waals surface area contributed by atoms with Crippen LogP contribution in [-0.4, -0.2) is 18.0 Å². The van der Waals surface area contributed by atoms with Crippen LogP contribution in [0.1, 0.15) is 11.1 Å². The smallest absolute Gasteiger partial charge is 0.410 e. The van der Waals surface area contributed by atoms with Gasteiger partial charge in [-0.25, -0.2) is 4.79 Å². The minimum absolute atomic E-state index is 0. The summed E-state index contributed by atoms with van der Waals surface area (Å²) in [7, 11) is 0. The number of hydrogen-bond donors (Lipinski definition) is 3. The van der Waals surface area contributed by atoms with E-state index in [1.165, 1.54) is 0 Å². The number of ether oxygens (including phenoxy) is 1. The summed E-state index contributed by atoms with van der Waals surface area (Å²) in [6, 6.07) is 11.8. The van der Waals surface area contributed by atoms with E-state index in [0.29, 0.717) is 21.4 Å². The van der Waals surface area contributed by atoms with Gasteiger partial charge >= 0.3 is 6.09 Å². The van der Waals surface area contributed by atoms with Gasteiger partial charge in [-0.1, -0.05) is 47.5 Å². The number of carbonyl (C=O) groups excluding carboxylic acids is 2. The Labute approximate surface area is 166 Å². The van der Waals surface area contributed by atoms with Crippen LogP contribution in [0, 0.1) is 12.3 Å². The summed E-state index contributed by atoms with van der Waals surface area (Å²) in [5.74, 6) is -0.690. The van der Waals surface area contributed by atoms with Crippen molar-refractivity contribution in [3.8, 4) is 5.75 Å². The van der Waals surface area contributed by atoms with E-state index in [2.05, 4.69) is 10.6 Å². The maximum atomic E-state index is 12.0. The normalized spacial score (nSPS) is 9.65. The second-order valence-corrected chi connectivity index (χ2v) is 5.89. The molecule has 0 aliphatic heterocycles.